The number of rotatable bonds is 4. The first-order valence-corrected chi connectivity index (χ1v) is 7.66. The predicted molar refractivity (Wildman–Crippen MR) is 76.8 cm³/mol. The Kier molecular flexibility index (Phi) is 5.22. The second-order valence-corrected chi connectivity index (χ2v) is 5.97. The van der Waals surface area contributed by atoms with Crippen LogP contribution in [-0.4, -0.2) is 36.0 Å². The second kappa shape index (κ2) is 6.91. The molecular weight excluding hydrogens is 263 g/mol. The molecule has 1 amide bonds. The average Bonchev–Trinajstić information content (AvgIpc) is 2.42. The first kappa shape index (κ1) is 14.3. The van der Waals surface area contributed by atoms with E-state index in [-0.39, 0.29) is 23.8 Å². The zero-order chi connectivity index (χ0) is 13.7. The summed E-state index contributed by atoms with van der Waals surface area (Å²) < 4.78 is 12.8. The highest BCUT2D eigenvalue weighted by Crippen LogP contribution is 2.09. The Morgan fingerprint density at radius 2 is 2.26 bits per heavy atom. The molecule has 2 atom stereocenters. The van der Waals surface area contributed by atoms with Crippen molar-refractivity contribution in [2.45, 2.75) is 25.4 Å². The lowest BCUT2D eigenvalue weighted by atomic mass is 10.1. The van der Waals surface area contributed by atoms with E-state index in [2.05, 4.69) is 10.6 Å². The normalized spacial score (nSPS) is 20.8. The monoisotopic (exact) mass is 282 g/mol. The lowest BCUT2D eigenvalue weighted by molar-refractivity contribution is -0.123. The van der Waals surface area contributed by atoms with Crippen molar-refractivity contribution in [2.75, 3.05) is 18.1 Å². The number of carbonyl (C=O) groups is 1. The van der Waals surface area contributed by atoms with Gasteiger partial charge in [-0.3, -0.25) is 4.79 Å². The molecule has 1 fully saturated rings. The van der Waals surface area contributed by atoms with Crippen LogP contribution < -0.4 is 10.6 Å². The van der Waals surface area contributed by atoms with Crippen molar-refractivity contribution < 1.29 is 9.18 Å². The van der Waals surface area contributed by atoms with E-state index >= 15 is 0 Å². The van der Waals surface area contributed by atoms with Gasteiger partial charge in [-0.05, 0) is 31.0 Å². The Labute approximate surface area is 117 Å². The third kappa shape index (κ3) is 4.51. The van der Waals surface area contributed by atoms with Crippen LogP contribution in [0, 0.1) is 5.82 Å². The SMILES string of the molecule is CC(Cc1ccc(F)cc1)NC(=O)C1CSCCN1. The number of benzene rings is 1. The van der Waals surface area contributed by atoms with E-state index in [1.807, 2.05) is 6.92 Å². The number of carbonyl (C=O) groups excluding carboxylic acids is 1. The molecule has 0 aromatic heterocycles. The van der Waals surface area contributed by atoms with Crippen molar-refractivity contribution in [1.29, 1.82) is 0 Å². The van der Waals surface area contributed by atoms with Gasteiger partial charge in [-0.2, -0.15) is 11.8 Å². The van der Waals surface area contributed by atoms with Crippen LogP contribution in [0.1, 0.15) is 12.5 Å². The third-order valence-electron chi connectivity index (χ3n) is 3.08. The van der Waals surface area contributed by atoms with E-state index in [1.165, 1.54) is 12.1 Å². The lowest BCUT2D eigenvalue weighted by Crippen LogP contribution is -2.51. The maximum atomic E-state index is 12.8. The van der Waals surface area contributed by atoms with Gasteiger partial charge in [0.2, 0.25) is 5.91 Å². The quantitative estimate of drug-likeness (QED) is 0.881. The Hall–Kier alpha value is -1.07. The van der Waals surface area contributed by atoms with Crippen LogP contribution in [-0.2, 0) is 11.2 Å². The molecule has 2 unspecified atom stereocenters. The third-order valence-corrected chi connectivity index (χ3v) is 4.14. The highest BCUT2D eigenvalue weighted by molar-refractivity contribution is 7.99. The Balaban J connectivity index is 1.81. The van der Waals surface area contributed by atoms with Gasteiger partial charge in [0.15, 0.2) is 0 Å². The highest BCUT2D eigenvalue weighted by atomic mass is 32.2. The van der Waals surface area contributed by atoms with E-state index < -0.39 is 0 Å². The minimum Gasteiger partial charge on any atom is -0.352 e. The molecule has 0 saturated carbocycles. The summed E-state index contributed by atoms with van der Waals surface area (Å²) in [5.41, 5.74) is 1.03. The molecule has 1 saturated heterocycles. The number of nitrogens with one attached hydrogen (secondary N) is 2. The van der Waals surface area contributed by atoms with Crippen molar-refractivity contribution in [1.82, 2.24) is 10.6 Å². The van der Waals surface area contributed by atoms with Crippen molar-refractivity contribution in [3.8, 4) is 0 Å². The van der Waals surface area contributed by atoms with E-state index in [9.17, 15) is 9.18 Å². The molecule has 1 aliphatic heterocycles. The first-order valence-electron chi connectivity index (χ1n) is 6.51. The number of hydrogen-bond acceptors (Lipinski definition) is 3. The van der Waals surface area contributed by atoms with E-state index in [0.29, 0.717) is 6.42 Å². The van der Waals surface area contributed by atoms with Gasteiger partial charge in [0.05, 0.1) is 6.04 Å². The molecule has 0 spiro atoms. The molecule has 2 rings (SSSR count). The molecule has 0 radical (unpaired) electrons. The van der Waals surface area contributed by atoms with Crippen LogP contribution in [0.25, 0.3) is 0 Å². The summed E-state index contributed by atoms with van der Waals surface area (Å²) in [6.45, 7) is 2.85. The summed E-state index contributed by atoms with van der Waals surface area (Å²) in [7, 11) is 0. The summed E-state index contributed by atoms with van der Waals surface area (Å²) in [6.07, 6.45) is 0.714. The molecule has 0 bridgehead atoms. The Bertz CT molecular complexity index is 418. The first-order chi connectivity index (χ1) is 9.15. The summed E-state index contributed by atoms with van der Waals surface area (Å²) >= 11 is 1.80. The number of hydrogen-bond donors (Lipinski definition) is 2. The zero-order valence-electron chi connectivity index (χ0n) is 11.0. The van der Waals surface area contributed by atoms with Gasteiger partial charge >= 0.3 is 0 Å². The maximum Gasteiger partial charge on any atom is 0.238 e. The molecule has 0 aliphatic carbocycles. The van der Waals surface area contributed by atoms with Gasteiger partial charge in [-0.25, -0.2) is 4.39 Å². The summed E-state index contributed by atoms with van der Waals surface area (Å²) in [6, 6.07) is 6.37. The van der Waals surface area contributed by atoms with Crippen LogP contribution >= 0.6 is 11.8 Å². The van der Waals surface area contributed by atoms with E-state index in [4.69, 9.17) is 0 Å². The minimum absolute atomic E-state index is 0.0479. The van der Waals surface area contributed by atoms with E-state index in [0.717, 1.165) is 23.6 Å². The molecule has 2 N–H and O–H groups in total. The van der Waals surface area contributed by atoms with Crippen LogP contribution in [0.3, 0.4) is 0 Å². The molecule has 1 heterocycles. The standard InChI is InChI=1S/C14H19FN2OS/c1-10(8-11-2-4-12(15)5-3-11)17-14(18)13-9-19-7-6-16-13/h2-5,10,13,16H,6-9H2,1H3,(H,17,18). The number of halogens is 1. The number of thioether (sulfide) groups is 1. The predicted octanol–water partition coefficient (Wildman–Crippen LogP) is 1.58. The summed E-state index contributed by atoms with van der Waals surface area (Å²) in [4.78, 5) is 12.0. The smallest absolute Gasteiger partial charge is 0.238 e. The largest absolute Gasteiger partial charge is 0.352 e. The van der Waals surface area contributed by atoms with Crippen molar-refractivity contribution in [3.05, 3.63) is 35.6 Å². The van der Waals surface area contributed by atoms with Gasteiger partial charge in [0, 0.05) is 24.1 Å². The maximum absolute atomic E-state index is 12.8. The molecule has 1 aromatic carbocycles. The molecule has 19 heavy (non-hydrogen) atoms. The molecule has 104 valence electrons. The van der Waals surface area contributed by atoms with E-state index in [1.54, 1.807) is 23.9 Å². The fourth-order valence-electron chi connectivity index (χ4n) is 2.10. The Morgan fingerprint density at radius 3 is 2.89 bits per heavy atom. The van der Waals surface area contributed by atoms with Gasteiger partial charge in [0.1, 0.15) is 5.82 Å². The second-order valence-electron chi connectivity index (χ2n) is 4.82. The van der Waals surface area contributed by atoms with Crippen LogP contribution in [0.4, 0.5) is 4.39 Å². The molecular formula is C14H19FN2OS. The zero-order valence-corrected chi connectivity index (χ0v) is 11.8. The molecule has 5 heteroatoms. The topological polar surface area (TPSA) is 41.1 Å². The lowest BCUT2D eigenvalue weighted by Gasteiger charge is -2.24. The highest BCUT2D eigenvalue weighted by Gasteiger charge is 2.21. The minimum atomic E-state index is -0.233. The van der Waals surface area contributed by atoms with Gasteiger partial charge in [-0.1, -0.05) is 12.1 Å². The fourth-order valence-corrected chi connectivity index (χ4v) is 3.04. The van der Waals surface area contributed by atoms with Gasteiger partial charge < -0.3 is 10.6 Å². The van der Waals surface area contributed by atoms with Crippen molar-refractivity contribution in [3.63, 3.8) is 0 Å². The number of amides is 1. The van der Waals surface area contributed by atoms with Crippen molar-refractivity contribution in [2.24, 2.45) is 0 Å². The average molecular weight is 282 g/mol. The fraction of sp³-hybridized carbons (Fsp3) is 0.500. The summed E-state index contributed by atoms with van der Waals surface area (Å²) in [5, 5.41) is 6.22. The van der Waals surface area contributed by atoms with Gasteiger partial charge in [0.25, 0.3) is 0 Å². The van der Waals surface area contributed by atoms with Crippen molar-refractivity contribution >= 4 is 17.7 Å². The van der Waals surface area contributed by atoms with Gasteiger partial charge in [-0.15, -0.1) is 0 Å². The Morgan fingerprint density at radius 1 is 1.53 bits per heavy atom. The molecule has 1 aliphatic rings. The summed E-state index contributed by atoms with van der Waals surface area (Å²) in [5.74, 6) is 1.72. The molecule has 3 nitrogen and oxygen atoms in total. The molecule has 1 aromatic rings. The van der Waals surface area contributed by atoms with Crippen LogP contribution in [0.5, 0.6) is 0 Å². The van der Waals surface area contributed by atoms with Crippen LogP contribution in [0.15, 0.2) is 24.3 Å². The van der Waals surface area contributed by atoms with Crippen LogP contribution in [0.2, 0.25) is 0 Å².